The van der Waals surface area contributed by atoms with E-state index in [0.717, 1.165) is 51.6 Å². The monoisotopic (exact) mass is 444 g/mol. The molecule has 0 aromatic carbocycles. The standard InChI is InChI=1S/C23H32N4O3S/c1-15-8-7-11-26(12-15)18(28)13-27-14-24-22-19(23(27)30)16(2)20(31-22)21(29)25-17-9-5-3-4-6-10-17/h14-15,17H,3-13H2,1-2H3,(H,25,29). The maximum Gasteiger partial charge on any atom is 0.262 e. The van der Waals surface area contributed by atoms with Crippen LogP contribution in [-0.4, -0.2) is 45.4 Å². The fourth-order valence-electron chi connectivity index (χ4n) is 4.82. The minimum absolute atomic E-state index is 0.00656. The number of thiophene rings is 1. The van der Waals surface area contributed by atoms with E-state index in [9.17, 15) is 14.4 Å². The molecule has 31 heavy (non-hydrogen) atoms. The van der Waals surface area contributed by atoms with Crippen molar-refractivity contribution in [3.8, 4) is 0 Å². The third-order valence-corrected chi connectivity index (χ3v) is 7.83. The zero-order valence-electron chi connectivity index (χ0n) is 18.5. The third-order valence-electron chi connectivity index (χ3n) is 6.63. The summed E-state index contributed by atoms with van der Waals surface area (Å²) in [6.45, 7) is 5.44. The smallest absolute Gasteiger partial charge is 0.262 e. The van der Waals surface area contributed by atoms with E-state index in [-0.39, 0.29) is 30.0 Å². The molecule has 2 aromatic rings. The molecule has 1 aliphatic carbocycles. The van der Waals surface area contributed by atoms with Gasteiger partial charge in [-0.3, -0.25) is 19.0 Å². The predicted molar refractivity (Wildman–Crippen MR) is 123 cm³/mol. The Morgan fingerprint density at radius 1 is 1.16 bits per heavy atom. The van der Waals surface area contributed by atoms with E-state index in [1.807, 2.05) is 11.8 Å². The molecule has 4 rings (SSSR count). The van der Waals surface area contributed by atoms with Crippen molar-refractivity contribution in [3.63, 3.8) is 0 Å². The average molecular weight is 445 g/mol. The molecular formula is C23H32N4O3S. The number of carbonyl (C=O) groups is 2. The molecule has 2 aromatic heterocycles. The van der Waals surface area contributed by atoms with Crippen LogP contribution in [0.2, 0.25) is 0 Å². The number of piperidine rings is 1. The topological polar surface area (TPSA) is 84.3 Å². The van der Waals surface area contributed by atoms with Gasteiger partial charge in [-0.2, -0.15) is 0 Å². The third kappa shape index (κ3) is 4.84. The Balaban J connectivity index is 1.54. The Morgan fingerprint density at radius 2 is 1.90 bits per heavy atom. The van der Waals surface area contributed by atoms with Crippen LogP contribution in [0.5, 0.6) is 0 Å². The van der Waals surface area contributed by atoms with Gasteiger partial charge < -0.3 is 10.2 Å². The first-order chi connectivity index (χ1) is 14.9. The van der Waals surface area contributed by atoms with Crippen molar-refractivity contribution in [3.05, 3.63) is 27.1 Å². The van der Waals surface area contributed by atoms with Gasteiger partial charge in [0, 0.05) is 19.1 Å². The quantitative estimate of drug-likeness (QED) is 0.732. The van der Waals surface area contributed by atoms with Gasteiger partial charge in [-0.05, 0) is 44.1 Å². The number of aryl methyl sites for hydroxylation is 1. The molecule has 2 aliphatic rings. The van der Waals surface area contributed by atoms with Gasteiger partial charge in [-0.1, -0.05) is 32.6 Å². The largest absolute Gasteiger partial charge is 0.349 e. The molecule has 0 radical (unpaired) electrons. The Labute approximate surface area is 186 Å². The first kappa shape index (κ1) is 22.0. The van der Waals surface area contributed by atoms with E-state index in [1.54, 1.807) is 0 Å². The number of aromatic nitrogens is 2. The zero-order valence-corrected chi connectivity index (χ0v) is 19.3. The van der Waals surface area contributed by atoms with Crippen LogP contribution in [0.25, 0.3) is 10.2 Å². The van der Waals surface area contributed by atoms with E-state index in [2.05, 4.69) is 17.2 Å². The molecule has 0 bridgehead atoms. The van der Waals surface area contributed by atoms with Gasteiger partial charge in [0.1, 0.15) is 11.4 Å². The lowest BCUT2D eigenvalue weighted by Crippen LogP contribution is -2.42. The molecule has 7 nitrogen and oxygen atoms in total. The molecule has 1 aliphatic heterocycles. The van der Waals surface area contributed by atoms with E-state index >= 15 is 0 Å². The van der Waals surface area contributed by atoms with Crippen molar-refractivity contribution in [1.29, 1.82) is 0 Å². The lowest BCUT2D eigenvalue weighted by Gasteiger charge is -2.31. The highest BCUT2D eigenvalue weighted by molar-refractivity contribution is 7.20. The summed E-state index contributed by atoms with van der Waals surface area (Å²) in [6.07, 6.45) is 10.4. The zero-order chi connectivity index (χ0) is 22.0. The van der Waals surface area contributed by atoms with Gasteiger partial charge in [0.2, 0.25) is 5.91 Å². The first-order valence-electron chi connectivity index (χ1n) is 11.5. The van der Waals surface area contributed by atoms with E-state index < -0.39 is 0 Å². The maximum absolute atomic E-state index is 13.1. The van der Waals surface area contributed by atoms with Gasteiger partial charge in [-0.25, -0.2) is 4.98 Å². The van der Waals surface area contributed by atoms with Gasteiger partial charge in [0.05, 0.1) is 16.6 Å². The van der Waals surface area contributed by atoms with Crippen LogP contribution < -0.4 is 10.9 Å². The van der Waals surface area contributed by atoms with Gasteiger partial charge in [-0.15, -0.1) is 11.3 Å². The normalized spacial score (nSPS) is 20.6. The van der Waals surface area contributed by atoms with Crippen molar-refractivity contribution < 1.29 is 9.59 Å². The number of rotatable bonds is 4. The minimum Gasteiger partial charge on any atom is -0.349 e. The summed E-state index contributed by atoms with van der Waals surface area (Å²) in [5, 5.41) is 3.62. The van der Waals surface area contributed by atoms with Crippen LogP contribution in [0.3, 0.4) is 0 Å². The first-order valence-corrected chi connectivity index (χ1v) is 12.3. The number of nitrogens with one attached hydrogen (secondary N) is 1. The molecule has 1 saturated heterocycles. The van der Waals surface area contributed by atoms with Crippen LogP contribution >= 0.6 is 11.3 Å². The predicted octanol–water partition coefficient (Wildman–Crippen LogP) is 3.48. The highest BCUT2D eigenvalue weighted by Crippen LogP contribution is 2.27. The van der Waals surface area contributed by atoms with Crippen molar-refractivity contribution in [1.82, 2.24) is 19.8 Å². The summed E-state index contributed by atoms with van der Waals surface area (Å²) >= 11 is 1.26. The summed E-state index contributed by atoms with van der Waals surface area (Å²) in [5.74, 6) is 0.328. The number of nitrogens with zero attached hydrogens (tertiary/aromatic N) is 3. The summed E-state index contributed by atoms with van der Waals surface area (Å²) in [5.41, 5.74) is 0.419. The number of hydrogen-bond acceptors (Lipinski definition) is 5. The van der Waals surface area contributed by atoms with Crippen molar-refractivity contribution in [2.75, 3.05) is 13.1 Å². The van der Waals surface area contributed by atoms with Crippen LogP contribution in [0.15, 0.2) is 11.1 Å². The maximum atomic E-state index is 13.1. The molecule has 1 atom stereocenters. The fraction of sp³-hybridized carbons (Fsp3) is 0.652. The summed E-state index contributed by atoms with van der Waals surface area (Å²) < 4.78 is 1.39. The Morgan fingerprint density at radius 3 is 2.61 bits per heavy atom. The molecule has 1 unspecified atom stereocenters. The summed E-state index contributed by atoms with van der Waals surface area (Å²) in [7, 11) is 0. The Hall–Kier alpha value is -2.22. The number of hydrogen-bond donors (Lipinski definition) is 1. The Bertz CT molecular complexity index is 1020. The van der Waals surface area contributed by atoms with E-state index in [4.69, 9.17) is 0 Å². The van der Waals surface area contributed by atoms with Gasteiger partial charge in [0.15, 0.2) is 0 Å². The highest BCUT2D eigenvalue weighted by Gasteiger charge is 2.24. The van der Waals surface area contributed by atoms with E-state index in [1.165, 1.54) is 35.1 Å². The molecule has 8 heteroatoms. The number of carbonyl (C=O) groups excluding carboxylic acids is 2. The van der Waals surface area contributed by atoms with Crippen LogP contribution in [0, 0.1) is 12.8 Å². The molecule has 2 fully saturated rings. The molecule has 168 valence electrons. The van der Waals surface area contributed by atoms with Crippen LogP contribution in [0.1, 0.15) is 73.5 Å². The van der Waals surface area contributed by atoms with Crippen LogP contribution in [-0.2, 0) is 11.3 Å². The van der Waals surface area contributed by atoms with Gasteiger partial charge in [0.25, 0.3) is 11.5 Å². The van der Waals surface area contributed by atoms with E-state index in [0.29, 0.717) is 26.6 Å². The summed E-state index contributed by atoms with van der Waals surface area (Å²) in [6, 6.07) is 0.203. The lowest BCUT2D eigenvalue weighted by molar-refractivity contribution is -0.133. The molecule has 3 heterocycles. The van der Waals surface area contributed by atoms with Crippen molar-refractivity contribution >= 4 is 33.4 Å². The lowest BCUT2D eigenvalue weighted by atomic mass is 10.0. The molecule has 1 saturated carbocycles. The average Bonchev–Trinajstić information content (AvgIpc) is 2.90. The number of likely N-dealkylation sites (tertiary alicyclic amines) is 1. The summed E-state index contributed by atoms with van der Waals surface area (Å²) in [4.78, 5) is 46.2. The van der Waals surface area contributed by atoms with Crippen LogP contribution in [0.4, 0.5) is 0 Å². The highest BCUT2D eigenvalue weighted by atomic mass is 32.1. The Kier molecular flexibility index (Phi) is 6.74. The SMILES string of the molecule is Cc1c(C(=O)NC2CCCCCC2)sc2ncn(CC(=O)N3CCCC(C)C3)c(=O)c12. The second-order valence-electron chi connectivity index (χ2n) is 9.16. The number of amides is 2. The molecular weight excluding hydrogens is 412 g/mol. The fourth-order valence-corrected chi connectivity index (χ4v) is 5.87. The molecule has 2 amide bonds. The second kappa shape index (κ2) is 9.51. The van der Waals surface area contributed by atoms with Crippen molar-refractivity contribution in [2.24, 2.45) is 5.92 Å². The number of fused-ring (bicyclic) bond motifs is 1. The molecule has 1 N–H and O–H groups in total. The van der Waals surface area contributed by atoms with Gasteiger partial charge >= 0.3 is 0 Å². The second-order valence-corrected chi connectivity index (χ2v) is 10.2. The molecule has 0 spiro atoms. The van der Waals surface area contributed by atoms with Crippen molar-refractivity contribution in [2.45, 2.75) is 77.8 Å². The minimum atomic E-state index is -0.245.